The quantitative estimate of drug-likeness (QED) is 0.369. The molecule has 0 aromatic heterocycles. The van der Waals surface area contributed by atoms with Gasteiger partial charge in [-0.25, -0.2) is 4.79 Å². The van der Waals surface area contributed by atoms with Crippen LogP contribution in [0.15, 0.2) is 73.3 Å². The normalized spacial score (nSPS) is 19.6. The number of benzene rings is 2. The molecule has 0 saturated carbocycles. The van der Waals surface area contributed by atoms with Gasteiger partial charge in [0, 0.05) is 5.41 Å². The number of likely N-dealkylation sites (tertiary alicyclic amines) is 1. The van der Waals surface area contributed by atoms with Crippen molar-refractivity contribution < 1.29 is 9.53 Å². The van der Waals surface area contributed by atoms with Crippen LogP contribution < -0.4 is 5.32 Å². The largest absolute Gasteiger partial charge is 0.444 e. The highest BCUT2D eigenvalue weighted by atomic mass is 32.1. The van der Waals surface area contributed by atoms with Gasteiger partial charge in [0.05, 0.1) is 18.1 Å². The molecule has 0 unspecified atom stereocenters. The number of hydrogen-bond acceptors (Lipinski definition) is 3. The Morgan fingerprint density at radius 2 is 1.45 bits per heavy atom. The van der Waals surface area contributed by atoms with E-state index in [2.05, 4.69) is 65.3 Å². The molecular formula is C28H36N2O2S. The Bertz CT molecular complexity index is 919. The first-order valence-electron chi connectivity index (χ1n) is 11.6. The molecule has 1 aliphatic heterocycles. The number of carbonyl (C=O) groups is 1. The first-order valence-corrected chi connectivity index (χ1v) is 12.0. The number of ether oxygens (including phenoxy) is 1. The number of nitrogens with one attached hydrogen (secondary N) is 1. The molecule has 1 heterocycles. The summed E-state index contributed by atoms with van der Waals surface area (Å²) in [5, 5.41) is 3.07. The Kier molecular flexibility index (Phi) is 7.63. The van der Waals surface area contributed by atoms with Gasteiger partial charge in [-0.1, -0.05) is 92.8 Å². The van der Waals surface area contributed by atoms with Crippen LogP contribution in [0.3, 0.4) is 0 Å². The fourth-order valence-electron chi connectivity index (χ4n) is 4.38. The van der Waals surface area contributed by atoms with Gasteiger partial charge in [-0.05, 0) is 44.7 Å². The van der Waals surface area contributed by atoms with Crippen molar-refractivity contribution in [2.24, 2.45) is 5.41 Å². The molecule has 3 rings (SSSR count). The van der Waals surface area contributed by atoms with Crippen LogP contribution in [0.25, 0.3) is 0 Å². The van der Waals surface area contributed by atoms with Gasteiger partial charge in [0.25, 0.3) is 0 Å². The zero-order valence-corrected chi connectivity index (χ0v) is 21.2. The summed E-state index contributed by atoms with van der Waals surface area (Å²) in [6.07, 6.45) is 3.35. The average molecular weight is 465 g/mol. The molecular weight excluding hydrogens is 428 g/mol. The SMILES string of the molecule is C=CC(C)(C)[C@H](NC(=O)OC(C)(C)C)C(=S)N1[C@H](c2ccccc2)CC[C@H]1c1ccccc1. The van der Waals surface area contributed by atoms with Gasteiger partial charge >= 0.3 is 6.09 Å². The highest BCUT2D eigenvalue weighted by Gasteiger charge is 2.43. The van der Waals surface area contributed by atoms with E-state index in [1.54, 1.807) is 0 Å². The summed E-state index contributed by atoms with van der Waals surface area (Å²) in [6, 6.07) is 20.8. The number of thiocarbonyl (C=S) groups is 1. The van der Waals surface area contributed by atoms with Crippen LogP contribution in [0.2, 0.25) is 0 Å². The minimum absolute atomic E-state index is 0.132. The van der Waals surface area contributed by atoms with Gasteiger partial charge in [-0.2, -0.15) is 0 Å². The molecule has 2 aromatic carbocycles. The van der Waals surface area contributed by atoms with Crippen LogP contribution in [0.5, 0.6) is 0 Å². The van der Waals surface area contributed by atoms with Gasteiger partial charge in [-0.15, -0.1) is 6.58 Å². The Labute approximate surface area is 204 Å². The lowest BCUT2D eigenvalue weighted by molar-refractivity contribution is 0.0493. The molecule has 0 aliphatic carbocycles. The average Bonchev–Trinajstić information content (AvgIpc) is 3.22. The third-order valence-electron chi connectivity index (χ3n) is 6.19. The standard InChI is InChI=1S/C28H36N2O2S/c1-7-28(5,6)24(29-26(31)32-27(2,3)4)25(33)30-22(20-14-10-8-11-15-20)18-19-23(30)21-16-12-9-13-17-21/h7-17,22-24H,1,18-19H2,2-6H3,(H,29,31)/t22-,23-,24+/m0/s1. The highest BCUT2D eigenvalue weighted by molar-refractivity contribution is 7.80. The predicted molar refractivity (Wildman–Crippen MR) is 139 cm³/mol. The number of nitrogens with zero attached hydrogens (tertiary/aromatic N) is 1. The summed E-state index contributed by atoms with van der Waals surface area (Å²) in [4.78, 5) is 15.8. The van der Waals surface area contributed by atoms with Crippen LogP contribution in [0.1, 0.15) is 70.7 Å². The van der Waals surface area contributed by atoms with Crippen LogP contribution in [-0.2, 0) is 4.74 Å². The summed E-state index contributed by atoms with van der Waals surface area (Å²) in [6.45, 7) is 13.7. The molecule has 0 radical (unpaired) electrons. The highest BCUT2D eigenvalue weighted by Crippen LogP contribution is 2.45. The van der Waals surface area contributed by atoms with E-state index in [1.165, 1.54) is 11.1 Å². The van der Waals surface area contributed by atoms with Crippen LogP contribution in [0.4, 0.5) is 4.79 Å². The minimum atomic E-state index is -0.596. The van der Waals surface area contributed by atoms with E-state index in [9.17, 15) is 4.79 Å². The van der Waals surface area contributed by atoms with E-state index < -0.39 is 23.2 Å². The second kappa shape index (κ2) is 10.1. The van der Waals surface area contributed by atoms with Gasteiger partial charge in [0.1, 0.15) is 10.6 Å². The van der Waals surface area contributed by atoms with E-state index >= 15 is 0 Å². The minimum Gasteiger partial charge on any atom is -0.444 e. The van der Waals surface area contributed by atoms with Gasteiger partial charge < -0.3 is 15.0 Å². The number of hydrogen-bond donors (Lipinski definition) is 1. The van der Waals surface area contributed by atoms with Crippen LogP contribution in [0, 0.1) is 5.41 Å². The molecule has 4 nitrogen and oxygen atoms in total. The maximum atomic E-state index is 12.8. The summed E-state index contributed by atoms with van der Waals surface area (Å²) >= 11 is 6.17. The molecule has 0 spiro atoms. The van der Waals surface area contributed by atoms with Crippen LogP contribution in [-0.4, -0.2) is 27.6 Å². The molecule has 176 valence electrons. The summed E-state index contributed by atoms with van der Waals surface area (Å²) < 4.78 is 5.58. The number of amides is 1. The molecule has 1 amide bonds. The predicted octanol–water partition coefficient (Wildman–Crippen LogP) is 7.00. The summed E-state index contributed by atoms with van der Waals surface area (Å²) in [5.41, 5.74) is 1.39. The summed E-state index contributed by atoms with van der Waals surface area (Å²) in [7, 11) is 0. The lowest BCUT2D eigenvalue weighted by Gasteiger charge is -2.41. The Balaban J connectivity index is 2.01. The van der Waals surface area contributed by atoms with E-state index in [0.29, 0.717) is 4.99 Å². The van der Waals surface area contributed by atoms with Crippen molar-refractivity contribution in [3.63, 3.8) is 0 Å². The lowest BCUT2D eigenvalue weighted by Crippen LogP contribution is -2.55. The van der Waals surface area contributed by atoms with E-state index in [4.69, 9.17) is 17.0 Å². The zero-order valence-electron chi connectivity index (χ0n) is 20.4. The molecule has 0 bridgehead atoms. The van der Waals surface area contributed by atoms with Crippen molar-refractivity contribution in [3.8, 4) is 0 Å². The van der Waals surface area contributed by atoms with Crippen molar-refractivity contribution in [1.29, 1.82) is 0 Å². The maximum absolute atomic E-state index is 12.8. The van der Waals surface area contributed by atoms with Crippen molar-refractivity contribution in [3.05, 3.63) is 84.4 Å². The van der Waals surface area contributed by atoms with Crippen molar-refractivity contribution >= 4 is 23.3 Å². The van der Waals surface area contributed by atoms with E-state index in [-0.39, 0.29) is 12.1 Å². The fourth-order valence-corrected chi connectivity index (χ4v) is 5.00. The lowest BCUT2D eigenvalue weighted by atomic mass is 9.83. The van der Waals surface area contributed by atoms with Crippen molar-refractivity contribution in [2.75, 3.05) is 0 Å². The molecule has 5 heteroatoms. The first-order chi connectivity index (χ1) is 15.5. The molecule has 1 aliphatic rings. The molecule has 2 aromatic rings. The number of alkyl carbamates (subject to hydrolysis) is 1. The molecule has 3 atom stereocenters. The zero-order chi connectivity index (χ0) is 24.2. The summed E-state index contributed by atoms with van der Waals surface area (Å²) in [5.74, 6) is 0. The topological polar surface area (TPSA) is 41.6 Å². The second-order valence-corrected chi connectivity index (χ2v) is 10.7. The molecule has 1 N–H and O–H groups in total. The fraction of sp³-hybridized carbons (Fsp3) is 0.429. The van der Waals surface area contributed by atoms with Gasteiger partial charge in [0.2, 0.25) is 0 Å². The van der Waals surface area contributed by atoms with Crippen molar-refractivity contribution in [2.45, 2.75) is 71.2 Å². The maximum Gasteiger partial charge on any atom is 0.408 e. The number of rotatable bonds is 6. The Morgan fingerprint density at radius 1 is 1.00 bits per heavy atom. The molecule has 1 fully saturated rings. The Hall–Kier alpha value is -2.66. The van der Waals surface area contributed by atoms with Crippen molar-refractivity contribution in [1.82, 2.24) is 10.2 Å². The smallest absolute Gasteiger partial charge is 0.408 e. The van der Waals surface area contributed by atoms with E-state index in [0.717, 1.165) is 12.8 Å². The monoisotopic (exact) mass is 464 g/mol. The van der Waals surface area contributed by atoms with Gasteiger partial charge in [-0.3, -0.25) is 0 Å². The third kappa shape index (κ3) is 6.02. The van der Waals surface area contributed by atoms with Gasteiger partial charge in [0.15, 0.2) is 0 Å². The Morgan fingerprint density at radius 3 is 1.85 bits per heavy atom. The third-order valence-corrected chi connectivity index (χ3v) is 6.63. The first kappa shape index (κ1) is 25.0. The molecule has 1 saturated heterocycles. The van der Waals surface area contributed by atoms with Crippen LogP contribution >= 0.6 is 12.2 Å². The second-order valence-electron chi connectivity index (χ2n) is 10.3. The molecule has 33 heavy (non-hydrogen) atoms. The number of carbonyl (C=O) groups excluding carboxylic acids is 1. The van der Waals surface area contributed by atoms with E-state index in [1.807, 2.05) is 52.8 Å².